The van der Waals surface area contributed by atoms with Crippen LogP contribution in [0.4, 0.5) is 11.4 Å². The Morgan fingerprint density at radius 2 is 1.29 bits per heavy atom. The van der Waals surface area contributed by atoms with Gasteiger partial charge in [-0.1, -0.05) is 80.4 Å². The van der Waals surface area contributed by atoms with Gasteiger partial charge in [0.15, 0.2) is 0 Å². The van der Waals surface area contributed by atoms with E-state index in [4.69, 9.17) is 4.74 Å². The van der Waals surface area contributed by atoms with E-state index >= 15 is 0 Å². The van der Waals surface area contributed by atoms with Gasteiger partial charge in [-0.2, -0.15) is 0 Å². The van der Waals surface area contributed by atoms with E-state index in [2.05, 4.69) is 31.9 Å². The lowest BCUT2D eigenvalue weighted by atomic mass is 9.54. The molecule has 0 unspecified atom stereocenters. The Morgan fingerprint density at radius 3 is 1.68 bits per heavy atom. The summed E-state index contributed by atoms with van der Waals surface area (Å²) in [4.78, 5) is 40.3. The van der Waals surface area contributed by atoms with E-state index in [-0.39, 0.29) is 17.1 Å². The third kappa shape index (κ3) is 2.36. The summed E-state index contributed by atoms with van der Waals surface area (Å²) in [5.74, 6) is -2.29. The molecule has 170 valence electrons. The maximum atomic E-state index is 14.0. The van der Waals surface area contributed by atoms with Crippen LogP contribution in [-0.4, -0.2) is 23.8 Å². The lowest BCUT2D eigenvalue weighted by molar-refractivity contribution is -0.384. The molecule has 3 aromatic carbocycles. The first-order chi connectivity index (χ1) is 16.3. The lowest BCUT2D eigenvalue weighted by Gasteiger charge is -2.55. The number of nitro groups is 1. The van der Waals surface area contributed by atoms with Crippen LogP contribution in [0.25, 0.3) is 0 Å². The number of anilines is 1. The van der Waals surface area contributed by atoms with Crippen molar-refractivity contribution in [2.45, 2.75) is 8.65 Å². The molecule has 1 fully saturated rings. The monoisotopic (exact) mass is 582 g/mol. The number of methoxy groups -OCH3 is 1. The van der Waals surface area contributed by atoms with Gasteiger partial charge < -0.3 is 4.74 Å². The summed E-state index contributed by atoms with van der Waals surface area (Å²) in [5, 5.41) is 11.9. The Labute approximate surface area is 211 Å². The minimum absolute atomic E-state index is 0.0603. The number of nitrogens with zero attached hydrogens (tertiary/aromatic N) is 2. The van der Waals surface area contributed by atoms with Crippen molar-refractivity contribution in [3.05, 3.63) is 99.1 Å². The summed E-state index contributed by atoms with van der Waals surface area (Å²) in [7, 11) is 1.40. The molecule has 0 spiro atoms. The zero-order chi connectivity index (χ0) is 24.0. The smallest absolute Gasteiger partial charge is 0.297 e. The van der Waals surface area contributed by atoms with Crippen LogP contribution in [0.1, 0.15) is 22.3 Å². The van der Waals surface area contributed by atoms with Crippen LogP contribution in [-0.2, 0) is 18.2 Å². The van der Waals surface area contributed by atoms with Crippen molar-refractivity contribution < 1.29 is 19.2 Å². The van der Waals surface area contributed by atoms with Gasteiger partial charge in [0.1, 0.15) is 11.4 Å². The fourth-order valence-electron chi connectivity index (χ4n) is 5.87. The van der Waals surface area contributed by atoms with Gasteiger partial charge in [0.2, 0.25) is 11.8 Å². The number of alkyl halides is 2. The lowest BCUT2D eigenvalue weighted by Crippen LogP contribution is -2.56. The minimum Gasteiger partial charge on any atom is -0.496 e. The number of ether oxygens (including phenoxy) is 1. The average Bonchev–Trinajstić information content (AvgIpc) is 3.13. The molecule has 7 nitrogen and oxygen atoms in total. The molecule has 1 aliphatic heterocycles. The van der Waals surface area contributed by atoms with Crippen LogP contribution in [0.2, 0.25) is 0 Å². The van der Waals surface area contributed by atoms with Crippen LogP contribution in [0.3, 0.4) is 0 Å². The summed E-state index contributed by atoms with van der Waals surface area (Å²) < 4.78 is 3.21. The average molecular weight is 584 g/mol. The second-order valence-corrected chi connectivity index (χ2v) is 11.1. The summed E-state index contributed by atoms with van der Waals surface area (Å²) in [5.41, 5.74) is 3.18. The quantitative estimate of drug-likeness (QED) is 0.187. The molecule has 34 heavy (non-hydrogen) atoms. The topological polar surface area (TPSA) is 89.8 Å². The first-order valence-electron chi connectivity index (χ1n) is 10.5. The first kappa shape index (κ1) is 21.5. The molecule has 1 saturated heterocycles. The number of nitro benzene ring substituents is 1. The molecule has 2 amide bonds. The van der Waals surface area contributed by atoms with Crippen LogP contribution in [0.5, 0.6) is 5.75 Å². The number of rotatable bonds is 3. The van der Waals surface area contributed by atoms with E-state index in [1.807, 2.05) is 48.5 Å². The van der Waals surface area contributed by atoms with Gasteiger partial charge in [0.05, 0.1) is 38.6 Å². The molecule has 0 radical (unpaired) electrons. The number of imide groups is 1. The largest absolute Gasteiger partial charge is 0.496 e. The summed E-state index contributed by atoms with van der Waals surface area (Å²) >= 11 is 7.85. The Kier molecular flexibility index (Phi) is 4.42. The summed E-state index contributed by atoms with van der Waals surface area (Å²) in [6, 6.07) is 19.6. The predicted molar refractivity (Wildman–Crippen MR) is 131 cm³/mol. The second-order valence-electron chi connectivity index (χ2n) is 8.59. The Hall–Kier alpha value is -3.04. The van der Waals surface area contributed by atoms with Gasteiger partial charge in [-0.05, 0) is 34.4 Å². The van der Waals surface area contributed by atoms with E-state index in [0.29, 0.717) is 0 Å². The number of amides is 2. The van der Waals surface area contributed by atoms with Crippen LogP contribution >= 0.6 is 31.9 Å². The van der Waals surface area contributed by atoms with Crippen molar-refractivity contribution >= 4 is 55.0 Å². The Balaban J connectivity index is 1.63. The maximum Gasteiger partial charge on any atom is 0.297 e. The fourth-order valence-corrected chi connectivity index (χ4v) is 8.17. The normalized spacial score (nSPS) is 28.4. The highest BCUT2D eigenvalue weighted by molar-refractivity contribution is 9.10. The van der Waals surface area contributed by atoms with Crippen LogP contribution in [0, 0.1) is 22.0 Å². The highest BCUT2D eigenvalue weighted by Gasteiger charge is 2.72. The number of carbonyl (C=O) groups excluding carboxylic acids is 2. The van der Waals surface area contributed by atoms with Crippen LogP contribution < -0.4 is 9.64 Å². The summed E-state index contributed by atoms with van der Waals surface area (Å²) in [6.07, 6.45) is 0. The van der Waals surface area contributed by atoms with Crippen molar-refractivity contribution in [3.8, 4) is 5.75 Å². The molecule has 7 rings (SSSR count). The number of hydrogen-bond donors (Lipinski definition) is 0. The number of benzene rings is 3. The van der Waals surface area contributed by atoms with Gasteiger partial charge in [-0.3, -0.25) is 19.7 Å². The maximum absolute atomic E-state index is 14.0. The number of hydrogen-bond acceptors (Lipinski definition) is 5. The van der Waals surface area contributed by atoms with E-state index in [0.717, 1.165) is 27.2 Å². The standard InChI is InChI=1S/C25H16Br2N2O5/c1-34-13-10-11-18(19(12-13)29(32)33)28-22(30)20-21(23(28)31)25(27)15-7-3-2-6-14(15)24(20,26)16-8-4-5-9-17(16)25/h2-12,20-21H,1H3/t20-,21-,24?,25?/m0/s1. The van der Waals surface area contributed by atoms with E-state index in [1.165, 1.54) is 25.3 Å². The number of carbonyl (C=O) groups is 2. The first-order valence-corrected chi connectivity index (χ1v) is 12.1. The number of halogens is 2. The van der Waals surface area contributed by atoms with Crippen molar-refractivity contribution in [2.24, 2.45) is 11.8 Å². The Morgan fingerprint density at radius 1 is 0.853 bits per heavy atom. The van der Waals surface area contributed by atoms with Gasteiger partial charge in [0, 0.05) is 0 Å². The van der Waals surface area contributed by atoms with Crippen LogP contribution in [0.15, 0.2) is 66.7 Å². The molecule has 0 N–H and O–H groups in total. The van der Waals surface area contributed by atoms with E-state index in [1.54, 1.807) is 0 Å². The van der Waals surface area contributed by atoms with Gasteiger partial charge in [-0.15, -0.1) is 0 Å². The molecular formula is C25H16Br2N2O5. The van der Waals surface area contributed by atoms with Gasteiger partial charge >= 0.3 is 0 Å². The highest BCUT2D eigenvalue weighted by atomic mass is 79.9. The van der Waals surface area contributed by atoms with Gasteiger partial charge in [0.25, 0.3) is 5.69 Å². The van der Waals surface area contributed by atoms with Gasteiger partial charge in [-0.25, -0.2) is 4.90 Å². The third-order valence-corrected chi connectivity index (χ3v) is 9.90. The molecule has 0 saturated carbocycles. The SMILES string of the molecule is COc1ccc(N2C(=O)[C@@H]3[C@@H](C2=O)C2(Br)c4ccccc4C3(Br)c3ccccc32)c([N+](=O)[O-])c1. The second kappa shape index (κ2) is 6.99. The fraction of sp³-hybridized carbons (Fsp3) is 0.200. The molecule has 0 aromatic heterocycles. The molecule has 2 atom stereocenters. The van der Waals surface area contributed by atoms with E-state index in [9.17, 15) is 19.7 Å². The zero-order valence-electron chi connectivity index (χ0n) is 17.7. The van der Waals surface area contributed by atoms with Crippen molar-refractivity contribution in [3.63, 3.8) is 0 Å². The molecule has 3 aromatic rings. The Bertz CT molecular complexity index is 1320. The van der Waals surface area contributed by atoms with Crippen molar-refractivity contribution in [2.75, 3.05) is 12.0 Å². The highest BCUT2D eigenvalue weighted by Crippen LogP contribution is 2.71. The molecule has 9 heteroatoms. The third-order valence-electron chi connectivity index (χ3n) is 7.21. The molecule has 2 bridgehead atoms. The van der Waals surface area contributed by atoms with E-state index < -0.39 is 37.2 Å². The molecule has 3 aliphatic carbocycles. The predicted octanol–water partition coefficient (Wildman–Crippen LogP) is 5.01. The van der Waals surface area contributed by atoms with Crippen molar-refractivity contribution in [1.82, 2.24) is 0 Å². The minimum atomic E-state index is -0.955. The molecule has 1 heterocycles. The molecule has 4 aliphatic rings. The molecular weight excluding hydrogens is 568 g/mol. The summed E-state index contributed by atoms with van der Waals surface area (Å²) in [6.45, 7) is 0. The zero-order valence-corrected chi connectivity index (χ0v) is 20.9. The van der Waals surface area contributed by atoms with Crippen molar-refractivity contribution in [1.29, 1.82) is 0 Å².